The van der Waals surface area contributed by atoms with Gasteiger partial charge in [0.1, 0.15) is 11.5 Å². The van der Waals surface area contributed by atoms with Crippen molar-refractivity contribution in [2.45, 2.75) is 44.6 Å². The number of rotatable bonds is 3. The number of allylic oxidation sites excluding steroid dienone is 1. The third-order valence-electron chi connectivity index (χ3n) is 7.01. The zero-order valence-electron chi connectivity index (χ0n) is 20.3. The molecule has 3 aromatic carbocycles. The number of nitrogens with one attached hydrogen (secondary N) is 2. The minimum absolute atomic E-state index is 0.0336. The van der Waals surface area contributed by atoms with Crippen LogP contribution in [0.2, 0.25) is 0 Å². The molecule has 0 aromatic heterocycles. The monoisotopic (exact) mass is 452 g/mol. The predicted octanol–water partition coefficient (Wildman–Crippen LogP) is 6.83. The molecule has 2 N–H and O–H groups in total. The summed E-state index contributed by atoms with van der Waals surface area (Å²) in [4.78, 5) is 13.7. The number of carbonyl (C=O) groups excluding carboxylic acids is 1. The maximum absolute atomic E-state index is 13.7. The highest BCUT2D eigenvalue weighted by Crippen LogP contribution is 2.44. The van der Waals surface area contributed by atoms with E-state index in [1.54, 1.807) is 7.11 Å². The fraction of sp³-hybridized carbons (Fsp3) is 0.300. The van der Waals surface area contributed by atoms with Crippen molar-refractivity contribution in [1.29, 1.82) is 0 Å². The van der Waals surface area contributed by atoms with Crippen LogP contribution >= 0.6 is 0 Å². The molecule has 0 radical (unpaired) electrons. The third kappa shape index (κ3) is 4.21. The van der Waals surface area contributed by atoms with E-state index in [1.165, 1.54) is 5.56 Å². The van der Waals surface area contributed by atoms with Crippen molar-refractivity contribution in [2.24, 2.45) is 5.92 Å². The van der Waals surface area contributed by atoms with Crippen LogP contribution in [0.25, 0.3) is 0 Å². The first-order chi connectivity index (χ1) is 16.3. The Kier molecular flexibility index (Phi) is 5.68. The summed E-state index contributed by atoms with van der Waals surface area (Å²) < 4.78 is 5.31. The van der Waals surface area contributed by atoms with E-state index in [0.29, 0.717) is 6.42 Å². The number of hydrogen-bond donors (Lipinski definition) is 2. The second-order valence-corrected chi connectivity index (χ2v) is 10.3. The van der Waals surface area contributed by atoms with Crippen molar-refractivity contribution in [2.75, 3.05) is 17.7 Å². The summed E-state index contributed by atoms with van der Waals surface area (Å²) in [7, 11) is 1.67. The average Bonchev–Trinajstić information content (AvgIpc) is 3.00. The molecule has 4 nitrogen and oxygen atoms in total. The van der Waals surface area contributed by atoms with Gasteiger partial charge in [-0.3, -0.25) is 4.79 Å². The van der Waals surface area contributed by atoms with Crippen molar-refractivity contribution >= 4 is 17.2 Å². The van der Waals surface area contributed by atoms with Crippen LogP contribution in [0.15, 0.2) is 84.6 Å². The Morgan fingerprint density at radius 3 is 2.15 bits per heavy atom. The van der Waals surface area contributed by atoms with Gasteiger partial charge in [0.15, 0.2) is 0 Å². The Labute approximate surface area is 202 Å². The molecule has 1 aliphatic carbocycles. The summed E-state index contributed by atoms with van der Waals surface area (Å²) in [5, 5.41) is 7.30. The van der Waals surface area contributed by atoms with E-state index in [2.05, 4.69) is 86.0 Å². The van der Waals surface area contributed by atoms with E-state index in [-0.39, 0.29) is 29.1 Å². The van der Waals surface area contributed by atoms with E-state index in [0.717, 1.165) is 33.9 Å². The second-order valence-electron chi connectivity index (χ2n) is 10.3. The summed E-state index contributed by atoms with van der Waals surface area (Å²) >= 11 is 0. The molecule has 5 rings (SSSR count). The largest absolute Gasteiger partial charge is 0.497 e. The molecule has 0 unspecified atom stereocenters. The maximum Gasteiger partial charge on any atom is 0.145 e. The van der Waals surface area contributed by atoms with Gasteiger partial charge in [0, 0.05) is 18.0 Å². The Bertz CT molecular complexity index is 1220. The number of fused-ring (bicyclic) bond motifs is 2. The summed E-state index contributed by atoms with van der Waals surface area (Å²) in [6.45, 7) is 6.66. The highest BCUT2D eigenvalue weighted by atomic mass is 16.5. The number of para-hydroxylation sites is 2. The van der Waals surface area contributed by atoms with E-state index < -0.39 is 0 Å². The summed E-state index contributed by atoms with van der Waals surface area (Å²) in [6, 6.07) is 24.8. The summed E-state index contributed by atoms with van der Waals surface area (Å²) in [6.07, 6.45) is 2.73. The number of hydrogen-bond acceptors (Lipinski definition) is 4. The molecule has 1 aliphatic heterocycles. The van der Waals surface area contributed by atoms with Crippen molar-refractivity contribution in [3.05, 3.63) is 101 Å². The molecule has 0 saturated heterocycles. The minimum Gasteiger partial charge on any atom is -0.497 e. The lowest BCUT2D eigenvalue weighted by molar-refractivity contribution is -0.122. The second kappa shape index (κ2) is 8.68. The van der Waals surface area contributed by atoms with Crippen molar-refractivity contribution in [3.63, 3.8) is 0 Å². The predicted molar refractivity (Wildman–Crippen MR) is 139 cm³/mol. The Hall–Kier alpha value is -3.53. The lowest BCUT2D eigenvalue weighted by Gasteiger charge is -2.33. The first-order valence-corrected chi connectivity index (χ1v) is 11.9. The number of methoxy groups -OCH3 is 1. The Morgan fingerprint density at radius 1 is 0.853 bits per heavy atom. The number of benzene rings is 3. The van der Waals surface area contributed by atoms with E-state index in [4.69, 9.17) is 4.74 Å². The fourth-order valence-corrected chi connectivity index (χ4v) is 5.04. The zero-order valence-corrected chi connectivity index (χ0v) is 20.3. The molecular formula is C30H32N2O2. The molecule has 2 aliphatic rings. The molecule has 174 valence electrons. The molecule has 1 heterocycles. The quantitative estimate of drug-likeness (QED) is 0.457. The van der Waals surface area contributed by atoms with Gasteiger partial charge in [-0.05, 0) is 46.4 Å². The third-order valence-corrected chi connectivity index (χ3v) is 7.01. The summed E-state index contributed by atoms with van der Waals surface area (Å²) in [5.74, 6) is 0.825. The number of anilines is 2. The topological polar surface area (TPSA) is 50.4 Å². The van der Waals surface area contributed by atoms with Crippen LogP contribution in [0.5, 0.6) is 5.75 Å². The smallest absolute Gasteiger partial charge is 0.145 e. The number of Topliss-reactive ketones (excluding diaryl/α,β-unsaturated/α-hetero) is 1. The molecule has 3 atom stereocenters. The Morgan fingerprint density at radius 2 is 1.50 bits per heavy atom. The maximum atomic E-state index is 13.7. The van der Waals surface area contributed by atoms with Crippen LogP contribution in [0.1, 0.15) is 55.8 Å². The van der Waals surface area contributed by atoms with Gasteiger partial charge in [-0.2, -0.15) is 0 Å². The Balaban J connectivity index is 1.56. The van der Waals surface area contributed by atoms with Crippen LogP contribution in [-0.4, -0.2) is 12.9 Å². The van der Waals surface area contributed by atoms with E-state index in [9.17, 15) is 4.79 Å². The fourth-order valence-electron chi connectivity index (χ4n) is 5.04. The molecule has 3 aromatic rings. The molecule has 0 amide bonds. The highest BCUT2D eigenvalue weighted by Gasteiger charge is 2.39. The van der Waals surface area contributed by atoms with Gasteiger partial charge in [-0.15, -0.1) is 0 Å². The lowest BCUT2D eigenvalue weighted by atomic mass is 9.76. The van der Waals surface area contributed by atoms with E-state index in [1.807, 2.05) is 24.3 Å². The van der Waals surface area contributed by atoms with Crippen molar-refractivity contribution < 1.29 is 9.53 Å². The normalized spacial score (nSPS) is 21.8. The van der Waals surface area contributed by atoms with Crippen LogP contribution in [0.4, 0.5) is 11.4 Å². The van der Waals surface area contributed by atoms with Gasteiger partial charge in [0.2, 0.25) is 0 Å². The number of carbonyl (C=O) groups is 1. The van der Waals surface area contributed by atoms with Gasteiger partial charge < -0.3 is 15.4 Å². The van der Waals surface area contributed by atoms with Crippen LogP contribution in [-0.2, 0) is 10.2 Å². The van der Waals surface area contributed by atoms with E-state index >= 15 is 0 Å². The highest BCUT2D eigenvalue weighted by molar-refractivity contribution is 5.90. The van der Waals surface area contributed by atoms with Gasteiger partial charge in [0.25, 0.3) is 0 Å². The molecule has 0 bridgehead atoms. The first kappa shape index (κ1) is 22.3. The van der Waals surface area contributed by atoms with Gasteiger partial charge in [-0.1, -0.05) is 75.4 Å². The molecule has 0 saturated carbocycles. The minimum atomic E-state index is -0.276. The lowest BCUT2D eigenvalue weighted by Crippen LogP contribution is -2.33. The standard InChI is InChI=1S/C30H32N2O2/c1-30(2,3)22-13-9-20(10-14-22)29-28-26(31-24-7-5-6-8-25(24)32-29)17-21(18-27(28)33)19-11-15-23(34-4)16-12-19/h5-17,21,28-29,31-32H,18H2,1-4H3/t21-,28-,29+/m1/s1. The molecular weight excluding hydrogens is 420 g/mol. The van der Waals surface area contributed by atoms with Crippen LogP contribution < -0.4 is 15.4 Å². The zero-order chi connectivity index (χ0) is 23.9. The molecule has 4 heteroatoms. The molecule has 34 heavy (non-hydrogen) atoms. The van der Waals surface area contributed by atoms with Crippen molar-refractivity contribution in [1.82, 2.24) is 0 Å². The molecule has 0 fully saturated rings. The van der Waals surface area contributed by atoms with Crippen LogP contribution in [0, 0.1) is 5.92 Å². The van der Waals surface area contributed by atoms with Gasteiger partial charge >= 0.3 is 0 Å². The van der Waals surface area contributed by atoms with Gasteiger partial charge in [-0.25, -0.2) is 0 Å². The van der Waals surface area contributed by atoms with Crippen molar-refractivity contribution in [3.8, 4) is 5.75 Å². The van der Waals surface area contributed by atoms with Crippen LogP contribution in [0.3, 0.4) is 0 Å². The summed E-state index contributed by atoms with van der Waals surface area (Å²) in [5.41, 5.74) is 6.60. The van der Waals surface area contributed by atoms with Gasteiger partial charge in [0.05, 0.1) is 30.4 Å². The first-order valence-electron chi connectivity index (χ1n) is 11.9. The molecule has 0 spiro atoms. The number of ether oxygens (including phenoxy) is 1. The number of ketones is 1. The average molecular weight is 453 g/mol. The SMILES string of the molecule is COc1ccc([C@@H]2C=C3Nc4ccccc4N[C@@H](c4ccc(C(C)(C)C)cc4)[C@H]3C(=O)C2)cc1.